The summed E-state index contributed by atoms with van der Waals surface area (Å²) in [6.07, 6.45) is -0.402. The Morgan fingerprint density at radius 2 is 1.80 bits per heavy atom. The number of hydrogen-bond donors (Lipinski definition) is 0. The number of halogens is 4. The van der Waals surface area contributed by atoms with E-state index in [-0.39, 0.29) is 34.7 Å². The minimum Gasteiger partial charge on any atom is -0.489 e. The summed E-state index contributed by atoms with van der Waals surface area (Å²) in [5.41, 5.74) is -2.19. The number of aromatic nitrogens is 1. The van der Waals surface area contributed by atoms with Crippen LogP contribution >= 0.6 is 22.9 Å². The van der Waals surface area contributed by atoms with Crippen molar-refractivity contribution in [2.75, 3.05) is 19.8 Å². The highest BCUT2D eigenvalue weighted by molar-refractivity contribution is 7.07. The van der Waals surface area contributed by atoms with Gasteiger partial charge in [0.1, 0.15) is 24.7 Å². The van der Waals surface area contributed by atoms with Gasteiger partial charge in [-0.15, -0.1) is 0 Å². The Kier molecular flexibility index (Phi) is 9.19. The molecule has 1 aromatic heterocycles. The molecule has 0 amide bonds. The summed E-state index contributed by atoms with van der Waals surface area (Å²) in [5.74, 6) is -0.387. The van der Waals surface area contributed by atoms with Crippen molar-refractivity contribution < 1.29 is 32.2 Å². The molecule has 0 spiro atoms. The highest BCUT2D eigenvalue weighted by Crippen LogP contribution is 2.38. The van der Waals surface area contributed by atoms with Gasteiger partial charge in [-0.05, 0) is 42.8 Å². The number of ether oxygens (including phenoxy) is 3. The molecule has 2 aromatic carbocycles. The van der Waals surface area contributed by atoms with E-state index in [9.17, 15) is 22.8 Å². The van der Waals surface area contributed by atoms with Crippen LogP contribution in [-0.2, 0) is 9.53 Å². The lowest BCUT2D eigenvalue weighted by molar-refractivity contribution is -0.140. The van der Waals surface area contributed by atoms with Gasteiger partial charge in [-0.25, -0.2) is 9.79 Å². The van der Waals surface area contributed by atoms with Crippen LogP contribution in [0.4, 0.5) is 13.2 Å². The van der Waals surface area contributed by atoms with Crippen LogP contribution in [0.1, 0.15) is 24.1 Å². The molecule has 1 atom stereocenters. The topological polar surface area (TPSA) is 79.1 Å². The predicted molar refractivity (Wildman–Crippen MR) is 150 cm³/mol. The molecule has 0 saturated carbocycles. The van der Waals surface area contributed by atoms with E-state index in [2.05, 4.69) is 18.2 Å². The molecule has 41 heavy (non-hydrogen) atoms. The van der Waals surface area contributed by atoms with Crippen LogP contribution in [-0.4, -0.2) is 36.5 Å². The molecule has 0 saturated heterocycles. The molecule has 7 nitrogen and oxygen atoms in total. The predicted octanol–water partition coefficient (Wildman–Crippen LogP) is 5.12. The molecule has 0 N–H and O–H groups in total. The largest absolute Gasteiger partial charge is 0.489 e. The van der Waals surface area contributed by atoms with Gasteiger partial charge in [0.05, 0.1) is 22.8 Å². The van der Waals surface area contributed by atoms with Crippen molar-refractivity contribution in [2.24, 2.45) is 4.99 Å². The van der Waals surface area contributed by atoms with Crippen molar-refractivity contribution in [3.8, 4) is 11.5 Å². The van der Waals surface area contributed by atoms with E-state index in [1.165, 1.54) is 43.3 Å². The van der Waals surface area contributed by atoms with Crippen LogP contribution in [0.5, 0.6) is 11.5 Å². The molecule has 214 valence electrons. The number of hydrogen-bond acceptors (Lipinski definition) is 7. The molecule has 0 aliphatic carbocycles. The van der Waals surface area contributed by atoms with E-state index < -0.39 is 35.0 Å². The molecule has 2 heterocycles. The molecule has 1 aliphatic heterocycles. The van der Waals surface area contributed by atoms with Crippen molar-refractivity contribution in [1.82, 2.24) is 4.57 Å². The number of carbonyl (C=O) groups is 1. The highest BCUT2D eigenvalue weighted by Gasteiger charge is 2.45. The molecule has 4 rings (SSSR count). The molecule has 0 radical (unpaired) electrons. The van der Waals surface area contributed by atoms with Crippen molar-refractivity contribution in [3.05, 3.63) is 115 Å². The molecule has 12 heteroatoms. The standard InChI is InChI=1S/C29H24ClF3N2O5S/c1-4-13-39-20-12-9-18(21(16-20)40-14-5-2)15-22-26(36)35-24(17-7-10-19(30)11-8-17)23(27(37)38-6-3)25(29(31,32)33)34-28(35)41-22/h4-5,7-12,15-16,24H,1-2,6,13-14H2,3H3/b22-15+/t24-/m0/s1. The number of esters is 1. The first-order valence-corrected chi connectivity index (χ1v) is 13.5. The average Bonchev–Trinajstić information content (AvgIpc) is 3.25. The molecule has 3 aromatic rings. The molecule has 0 unspecified atom stereocenters. The van der Waals surface area contributed by atoms with Crippen LogP contribution in [0, 0.1) is 0 Å². The van der Waals surface area contributed by atoms with E-state index in [0.29, 0.717) is 22.1 Å². The maximum absolute atomic E-state index is 14.3. The summed E-state index contributed by atoms with van der Waals surface area (Å²) in [5, 5.41) is 0.325. The maximum Gasteiger partial charge on any atom is 0.434 e. The van der Waals surface area contributed by atoms with Crippen LogP contribution in [0.15, 0.2) is 88.8 Å². The Morgan fingerprint density at radius 3 is 2.44 bits per heavy atom. The van der Waals surface area contributed by atoms with Gasteiger partial charge in [0, 0.05) is 16.7 Å². The summed E-state index contributed by atoms with van der Waals surface area (Å²) in [7, 11) is 0. The van der Waals surface area contributed by atoms with Gasteiger partial charge in [-0.2, -0.15) is 13.2 Å². The number of allylic oxidation sites excluding steroid dienone is 1. The molecule has 0 fully saturated rings. The van der Waals surface area contributed by atoms with Gasteiger partial charge in [0.2, 0.25) is 0 Å². The molecular weight excluding hydrogens is 581 g/mol. The average molecular weight is 605 g/mol. The van der Waals surface area contributed by atoms with Crippen LogP contribution in [0.2, 0.25) is 5.02 Å². The Bertz CT molecular complexity index is 1690. The zero-order chi connectivity index (χ0) is 29.7. The van der Waals surface area contributed by atoms with Crippen molar-refractivity contribution in [3.63, 3.8) is 0 Å². The zero-order valence-corrected chi connectivity index (χ0v) is 23.3. The lowest BCUT2D eigenvalue weighted by Gasteiger charge is -2.26. The Morgan fingerprint density at radius 1 is 1.12 bits per heavy atom. The minimum atomic E-state index is -5.01. The summed E-state index contributed by atoms with van der Waals surface area (Å²) < 4.78 is 60.3. The summed E-state index contributed by atoms with van der Waals surface area (Å²) in [6.45, 7) is 8.96. The number of thiazole rings is 1. The van der Waals surface area contributed by atoms with Crippen molar-refractivity contribution in [1.29, 1.82) is 0 Å². The van der Waals surface area contributed by atoms with Crippen molar-refractivity contribution in [2.45, 2.75) is 19.1 Å². The third-order valence-corrected chi connectivity index (χ3v) is 7.01. The SMILES string of the molecule is C=CCOc1ccc(/C=c2/sc3n(c2=O)[C@@H](c2ccc(Cl)cc2)C(C(=O)OCC)=C(C(F)(F)F)N=3)c(OCC=C)c1. The second-order valence-corrected chi connectivity index (χ2v) is 9.96. The number of fused-ring (bicyclic) bond motifs is 1. The fourth-order valence-electron chi connectivity index (χ4n) is 4.09. The van der Waals surface area contributed by atoms with Gasteiger partial charge in [0.25, 0.3) is 5.56 Å². The van der Waals surface area contributed by atoms with Gasteiger partial charge in [0.15, 0.2) is 10.5 Å². The second kappa shape index (κ2) is 12.6. The van der Waals surface area contributed by atoms with E-state index in [1.54, 1.807) is 24.3 Å². The third-order valence-electron chi connectivity index (χ3n) is 5.78. The fraction of sp³-hybridized carbons (Fsp3) is 0.207. The van der Waals surface area contributed by atoms with E-state index in [1.807, 2.05) is 0 Å². The van der Waals surface area contributed by atoms with E-state index in [4.69, 9.17) is 25.8 Å². The van der Waals surface area contributed by atoms with Gasteiger partial charge < -0.3 is 14.2 Å². The second-order valence-electron chi connectivity index (χ2n) is 8.51. The number of alkyl halides is 3. The fourth-order valence-corrected chi connectivity index (χ4v) is 5.21. The number of nitrogens with zero attached hydrogens (tertiary/aromatic N) is 2. The first-order chi connectivity index (χ1) is 19.6. The minimum absolute atomic E-state index is 0.0672. The van der Waals surface area contributed by atoms with Gasteiger partial charge >= 0.3 is 12.1 Å². The van der Waals surface area contributed by atoms with E-state index in [0.717, 1.165) is 15.9 Å². The monoisotopic (exact) mass is 604 g/mol. The van der Waals surface area contributed by atoms with Crippen LogP contribution in [0.3, 0.4) is 0 Å². The Hall–Kier alpha value is -4.09. The molecule has 1 aliphatic rings. The van der Waals surface area contributed by atoms with Gasteiger partial charge in [-0.3, -0.25) is 9.36 Å². The quantitative estimate of drug-likeness (QED) is 0.237. The van der Waals surface area contributed by atoms with Crippen molar-refractivity contribution >= 4 is 35.0 Å². The molecular formula is C29H24ClF3N2O5S. The normalized spacial score (nSPS) is 15.1. The number of benzene rings is 2. The Balaban J connectivity index is 1.98. The van der Waals surface area contributed by atoms with E-state index >= 15 is 0 Å². The summed E-state index contributed by atoms with van der Waals surface area (Å²) >= 11 is 6.76. The lowest BCUT2D eigenvalue weighted by Crippen LogP contribution is -2.41. The first kappa shape index (κ1) is 29.9. The summed E-state index contributed by atoms with van der Waals surface area (Å²) in [6, 6.07) is 9.28. The van der Waals surface area contributed by atoms with Crippen LogP contribution < -0.4 is 24.4 Å². The smallest absolute Gasteiger partial charge is 0.434 e. The zero-order valence-electron chi connectivity index (χ0n) is 21.7. The lowest BCUT2D eigenvalue weighted by atomic mass is 9.95. The molecule has 0 bridgehead atoms. The van der Waals surface area contributed by atoms with Crippen LogP contribution in [0.25, 0.3) is 6.08 Å². The maximum atomic E-state index is 14.3. The summed E-state index contributed by atoms with van der Waals surface area (Å²) in [4.78, 5) is 30.3. The first-order valence-electron chi connectivity index (χ1n) is 12.3. The van der Waals surface area contributed by atoms with Gasteiger partial charge in [-0.1, -0.05) is 60.4 Å². The Labute approximate surface area is 241 Å². The highest BCUT2D eigenvalue weighted by atomic mass is 35.5. The number of rotatable bonds is 10. The number of carbonyl (C=O) groups excluding carboxylic acids is 1. The third kappa shape index (κ3) is 6.47.